The Bertz CT molecular complexity index is 1050. The molecule has 32 heavy (non-hydrogen) atoms. The molecule has 1 fully saturated rings. The largest absolute Gasteiger partial charge is 0.462 e. The molecule has 1 saturated heterocycles. The first-order valence-electron chi connectivity index (χ1n) is 11.0. The van der Waals surface area contributed by atoms with Crippen LogP contribution in [-0.2, 0) is 22.3 Å². The molecular weight excluding hydrogens is 437 g/mol. The lowest BCUT2D eigenvalue weighted by Crippen LogP contribution is -2.40. The summed E-state index contributed by atoms with van der Waals surface area (Å²) in [4.78, 5) is 25.4. The highest BCUT2D eigenvalue weighted by molar-refractivity contribution is 6.31. The van der Waals surface area contributed by atoms with Gasteiger partial charge < -0.3 is 14.8 Å². The normalized spacial score (nSPS) is 17.6. The topological polar surface area (TPSA) is 82.5 Å². The third-order valence-corrected chi connectivity index (χ3v) is 6.46. The SMILES string of the molecule is CCCOC(=O)c1cc(Cl)cc(-n2nc(CC)c3c2CC2(CCOCC2)CNC3=O)c1F. The molecule has 4 rings (SSSR count). The van der Waals surface area contributed by atoms with E-state index in [4.69, 9.17) is 21.1 Å². The number of benzene rings is 1. The van der Waals surface area contributed by atoms with Crippen LogP contribution in [-0.4, -0.2) is 48.0 Å². The maximum absolute atomic E-state index is 15.6. The van der Waals surface area contributed by atoms with E-state index in [9.17, 15) is 9.59 Å². The number of hydrogen-bond acceptors (Lipinski definition) is 5. The Balaban J connectivity index is 1.86. The Morgan fingerprint density at radius 1 is 1.34 bits per heavy atom. The van der Waals surface area contributed by atoms with Crippen LogP contribution < -0.4 is 5.32 Å². The summed E-state index contributed by atoms with van der Waals surface area (Å²) in [5.74, 6) is -1.76. The van der Waals surface area contributed by atoms with Crippen molar-refractivity contribution in [1.29, 1.82) is 0 Å². The molecule has 1 amide bonds. The van der Waals surface area contributed by atoms with E-state index < -0.39 is 11.8 Å². The number of carbonyl (C=O) groups is 2. The third-order valence-electron chi connectivity index (χ3n) is 6.24. The van der Waals surface area contributed by atoms with Gasteiger partial charge in [0.25, 0.3) is 5.91 Å². The van der Waals surface area contributed by atoms with Crippen LogP contribution in [0.3, 0.4) is 0 Å². The second-order valence-corrected chi connectivity index (χ2v) is 8.86. The second kappa shape index (κ2) is 9.19. The standard InChI is InChI=1S/C23H27ClFN3O4/c1-3-7-32-22(30)15-10-14(24)11-17(20(15)25)28-18-12-23(5-8-31-9-6-23)13-26-21(29)19(18)16(4-2)27-28/h10-11H,3-9,12-13H2,1-2H3,(H,26,29). The lowest BCUT2D eigenvalue weighted by molar-refractivity contribution is 0.0154. The fraction of sp³-hybridized carbons (Fsp3) is 0.522. The number of fused-ring (bicyclic) bond motifs is 1. The molecule has 3 heterocycles. The van der Waals surface area contributed by atoms with E-state index in [1.165, 1.54) is 16.8 Å². The summed E-state index contributed by atoms with van der Waals surface area (Å²) in [6.07, 6.45) is 3.23. The lowest BCUT2D eigenvalue weighted by Gasteiger charge is -2.36. The number of aromatic nitrogens is 2. The summed E-state index contributed by atoms with van der Waals surface area (Å²) in [6, 6.07) is 2.69. The van der Waals surface area contributed by atoms with E-state index in [2.05, 4.69) is 10.4 Å². The molecule has 0 aliphatic carbocycles. The van der Waals surface area contributed by atoms with Gasteiger partial charge >= 0.3 is 5.97 Å². The van der Waals surface area contributed by atoms with Crippen LogP contribution in [0.1, 0.15) is 65.2 Å². The van der Waals surface area contributed by atoms with Crippen LogP contribution in [0, 0.1) is 11.2 Å². The molecule has 1 aromatic heterocycles. The number of esters is 1. The molecule has 1 aromatic carbocycles. The fourth-order valence-electron chi connectivity index (χ4n) is 4.46. The first-order valence-corrected chi connectivity index (χ1v) is 11.4. The van der Waals surface area contributed by atoms with Crippen molar-refractivity contribution in [3.8, 4) is 5.69 Å². The molecule has 172 valence electrons. The highest BCUT2D eigenvalue weighted by atomic mass is 35.5. The average molecular weight is 464 g/mol. The quantitative estimate of drug-likeness (QED) is 0.680. The summed E-state index contributed by atoms with van der Waals surface area (Å²) in [5.41, 5.74) is 1.28. The molecule has 2 aliphatic heterocycles. The van der Waals surface area contributed by atoms with Gasteiger partial charge in [-0.1, -0.05) is 25.4 Å². The van der Waals surface area contributed by atoms with Crippen LogP contribution >= 0.6 is 11.6 Å². The van der Waals surface area contributed by atoms with Crippen molar-refractivity contribution < 1.29 is 23.5 Å². The smallest absolute Gasteiger partial charge is 0.341 e. The molecule has 0 saturated carbocycles. The minimum atomic E-state index is -0.777. The molecule has 1 spiro atoms. The molecular formula is C23H27ClFN3O4. The van der Waals surface area contributed by atoms with Crippen molar-refractivity contribution in [2.24, 2.45) is 5.41 Å². The molecule has 1 N–H and O–H groups in total. The lowest BCUT2D eigenvalue weighted by atomic mass is 9.76. The van der Waals surface area contributed by atoms with Gasteiger partial charge in [0.15, 0.2) is 5.82 Å². The molecule has 2 aliphatic rings. The molecule has 0 unspecified atom stereocenters. The van der Waals surface area contributed by atoms with Gasteiger partial charge in [-0.25, -0.2) is 13.9 Å². The number of rotatable bonds is 5. The summed E-state index contributed by atoms with van der Waals surface area (Å²) < 4.78 is 27.7. The molecule has 0 radical (unpaired) electrons. The van der Waals surface area contributed by atoms with Gasteiger partial charge in [0.05, 0.1) is 29.1 Å². The fourth-order valence-corrected chi connectivity index (χ4v) is 4.67. The Morgan fingerprint density at radius 3 is 2.78 bits per heavy atom. The summed E-state index contributed by atoms with van der Waals surface area (Å²) in [7, 11) is 0. The number of aryl methyl sites for hydroxylation is 1. The van der Waals surface area contributed by atoms with Gasteiger partial charge in [-0.3, -0.25) is 4.79 Å². The molecule has 9 heteroatoms. The Morgan fingerprint density at radius 2 is 2.09 bits per heavy atom. The molecule has 2 aromatic rings. The number of carbonyl (C=O) groups excluding carboxylic acids is 2. The highest BCUT2D eigenvalue weighted by Gasteiger charge is 2.40. The van der Waals surface area contributed by atoms with E-state index >= 15 is 4.39 Å². The van der Waals surface area contributed by atoms with Crippen molar-refractivity contribution in [1.82, 2.24) is 15.1 Å². The first kappa shape index (κ1) is 22.7. The average Bonchev–Trinajstić information content (AvgIpc) is 3.09. The van der Waals surface area contributed by atoms with Gasteiger partial charge in [0.2, 0.25) is 0 Å². The van der Waals surface area contributed by atoms with Crippen LogP contribution in [0.2, 0.25) is 5.02 Å². The highest BCUT2D eigenvalue weighted by Crippen LogP contribution is 2.38. The minimum absolute atomic E-state index is 0.0359. The summed E-state index contributed by atoms with van der Waals surface area (Å²) in [5, 5.41) is 7.81. The monoisotopic (exact) mass is 463 g/mol. The zero-order valence-corrected chi connectivity index (χ0v) is 19.1. The second-order valence-electron chi connectivity index (χ2n) is 8.43. The zero-order chi connectivity index (χ0) is 22.9. The van der Waals surface area contributed by atoms with Gasteiger partial charge in [0, 0.05) is 24.8 Å². The van der Waals surface area contributed by atoms with E-state index in [0.29, 0.717) is 56.0 Å². The zero-order valence-electron chi connectivity index (χ0n) is 18.3. The Hall–Kier alpha value is -2.45. The van der Waals surface area contributed by atoms with Crippen LogP contribution in [0.4, 0.5) is 4.39 Å². The first-order chi connectivity index (χ1) is 15.4. The Kier molecular flexibility index (Phi) is 6.53. The van der Waals surface area contributed by atoms with E-state index in [0.717, 1.165) is 12.8 Å². The van der Waals surface area contributed by atoms with Crippen LogP contribution in [0.25, 0.3) is 5.69 Å². The van der Waals surface area contributed by atoms with Crippen molar-refractivity contribution in [3.63, 3.8) is 0 Å². The predicted molar refractivity (Wildman–Crippen MR) is 117 cm³/mol. The molecule has 7 nitrogen and oxygen atoms in total. The minimum Gasteiger partial charge on any atom is -0.462 e. The van der Waals surface area contributed by atoms with Gasteiger partial charge in [-0.15, -0.1) is 0 Å². The maximum Gasteiger partial charge on any atom is 0.341 e. The molecule has 0 bridgehead atoms. The van der Waals surface area contributed by atoms with Crippen molar-refractivity contribution in [2.75, 3.05) is 26.4 Å². The van der Waals surface area contributed by atoms with Gasteiger partial charge in [-0.05, 0) is 49.7 Å². The maximum atomic E-state index is 15.6. The van der Waals surface area contributed by atoms with Crippen molar-refractivity contribution in [3.05, 3.63) is 45.5 Å². The molecule has 0 atom stereocenters. The predicted octanol–water partition coefficient (Wildman–Crippen LogP) is 3.88. The summed E-state index contributed by atoms with van der Waals surface area (Å²) >= 11 is 6.27. The number of amides is 1. The van der Waals surface area contributed by atoms with Crippen LogP contribution in [0.15, 0.2) is 12.1 Å². The number of hydrogen-bond donors (Lipinski definition) is 1. The third kappa shape index (κ3) is 4.13. The number of nitrogens with one attached hydrogen (secondary N) is 1. The number of nitrogens with zero attached hydrogens (tertiary/aromatic N) is 2. The van der Waals surface area contributed by atoms with E-state index in [-0.39, 0.29) is 34.2 Å². The Labute approximate surface area is 191 Å². The number of ether oxygens (including phenoxy) is 2. The van der Waals surface area contributed by atoms with Crippen molar-refractivity contribution in [2.45, 2.75) is 46.0 Å². The summed E-state index contributed by atoms with van der Waals surface area (Å²) in [6.45, 7) is 5.69. The van der Waals surface area contributed by atoms with E-state index in [1.807, 2.05) is 13.8 Å². The van der Waals surface area contributed by atoms with E-state index in [1.54, 1.807) is 0 Å². The van der Waals surface area contributed by atoms with Crippen LogP contribution in [0.5, 0.6) is 0 Å². The van der Waals surface area contributed by atoms with Gasteiger partial charge in [-0.2, -0.15) is 5.10 Å². The van der Waals surface area contributed by atoms with Crippen molar-refractivity contribution >= 4 is 23.5 Å². The van der Waals surface area contributed by atoms with Gasteiger partial charge in [0.1, 0.15) is 5.69 Å². The number of halogens is 2.